The molecule has 7 nitrogen and oxygen atoms in total. The molecule has 0 aliphatic heterocycles. The molecule has 9 heteroatoms. The molecule has 0 heterocycles. The average Bonchev–Trinajstić information content (AvgIpc) is 2.59. The van der Waals surface area contributed by atoms with Crippen LogP contribution in [0.4, 0.5) is 5.69 Å². The van der Waals surface area contributed by atoms with Crippen LogP contribution < -0.4 is 15.8 Å². The molecule has 0 aromatic heterocycles. The Labute approximate surface area is 162 Å². The smallest absolute Gasteiger partial charge is 0.256 e. The monoisotopic (exact) mass is 407 g/mol. The maximum atomic E-state index is 12.6. The van der Waals surface area contributed by atoms with E-state index in [1.165, 1.54) is 30.0 Å². The molecule has 0 radical (unpaired) electrons. The van der Waals surface area contributed by atoms with Crippen molar-refractivity contribution in [2.24, 2.45) is 5.14 Å². The molecular weight excluding hydrogens is 386 g/mol. The number of thioether (sulfide) groups is 1. The average molecular weight is 408 g/mol. The summed E-state index contributed by atoms with van der Waals surface area (Å²) in [6.07, 6.45) is 0. The van der Waals surface area contributed by atoms with E-state index < -0.39 is 15.9 Å². The molecule has 0 saturated heterocycles. The topological polar surface area (TPSA) is 118 Å². The first kappa shape index (κ1) is 20.9. The lowest BCUT2D eigenvalue weighted by molar-refractivity contribution is -0.119. The van der Waals surface area contributed by atoms with Crippen molar-refractivity contribution in [3.8, 4) is 0 Å². The first-order chi connectivity index (χ1) is 12.7. The molecule has 0 unspecified atom stereocenters. The summed E-state index contributed by atoms with van der Waals surface area (Å²) in [6.45, 7) is 3.75. The Morgan fingerprint density at radius 3 is 2.48 bits per heavy atom. The molecule has 144 valence electrons. The van der Waals surface area contributed by atoms with E-state index in [1.807, 2.05) is 13.8 Å². The second kappa shape index (κ2) is 9.03. The molecule has 2 aromatic rings. The molecule has 0 aliphatic rings. The fraction of sp³-hybridized carbons (Fsp3) is 0.222. The normalized spacial score (nSPS) is 11.3. The van der Waals surface area contributed by atoms with Crippen LogP contribution in [-0.2, 0) is 14.8 Å². The highest BCUT2D eigenvalue weighted by Gasteiger charge is 2.15. The Hall–Kier alpha value is -2.36. The molecule has 2 aromatic carbocycles. The molecular formula is C18H21N3O4S2. The number of hydrogen-bond acceptors (Lipinski definition) is 5. The largest absolute Gasteiger partial charge is 0.353 e. The van der Waals surface area contributed by atoms with Gasteiger partial charge in [0, 0.05) is 16.6 Å². The molecule has 0 aliphatic carbocycles. The van der Waals surface area contributed by atoms with Gasteiger partial charge in [0.25, 0.3) is 5.91 Å². The van der Waals surface area contributed by atoms with Crippen LogP contribution in [0.5, 0.6) is 0 Å². The van der Waals surface area contributed by atoms with Crippen LogP contribution in [0.2, 0.25) is 0 Å². The number of carbonyl (C=O) groups is 2. The Morgan fingerprint density at radius 2 is 1.81 bits per heavy atom. The van der Waals surface area contributed by atoms with Gasteiger partial charge < -0.3 is 10.6 Å². The number of benzene rings is 2. The van der Waals surface area contributed by atoms with Gasteiger partial charge in [0.05, 0.1) is 16.2 Å². The van der Waals surface area contributed by atoms with E-state index in [-0.39, 0.29) is 22.6 Å². The summed E-state index contributed by atoms with van der Waals surface area (Å²) in [5.74, 6) is -0.344. The zero-order valence-electron chi connectivity index (χ0n) is 14.9. The van der Waals surface area contributed by atoms with E-state index >= 15 is 0 Å². The molecule has 0 spiro atoms. The van der Waals surface area contributed by atoms with Crippen molar-refractivity contribution in [2.75, 3.05) is 11.1 Å². The van der Waals surface area contributed by atoms with Crippen molar-refractivity contribution >= 4 is 39.3 Å². The summed E-state index contributed by atoms with van der Waals surface area (Å²) in [6, 6.07) is 12.6. The second-order valence-corrected chi connectivity index (χ2v) is 8.61. The van der Waals surface area contributed by atoms with Crippen LogP contribution >= 0.6 is 11.8 Å². The van der Waals surface area contributed by atoms with Gasteiger partial charge in [-0.1, -0.05) is 18.2 Å². The van der Waals surface area contributed by atoms with Crippen molar-refractivity contribution in [3.63, 3.8) is 0 Å². The van der Waals surface area contributed by atoms with Crippen molar-refractivity contribution in [1.82, 2.24) is 5.32 Å². The first-order valence-corrected chi connectivity index (χ1v) is 10.7. The maximum absolute atomic E-state index is 12.6. The molecule has 0 bridgehead atoms. The minimum Gasteiger partial charge on any atom is -0.353 e. The molecule has 2 rings (SSSR count). The van der Waals surface area contributed by atoms with E-state index in [0.29, 0.717) is 16.1 Å². The fourth-order valence-electron chi connectivity index (χ4n) is 2.24. The van der Waals surface area contributed by atoms with Crippen LogP contribution in [0.15, 0.2) is 58.3 Å². The molecule has 0 fully saturated rings. The van der Waals surface area contributed by atoms with E-state index in [2.05, 4.69) is 10.6 Å². The third-order valence-electron chi connectivity index (χ3n) is 3.36. The Bertz CT molecular complexity index is 943. The third-order valence-corrected chi connectivity index (χ3v) is 5.35. The minimum absolute atomic E-state index is 0.0442. The number of carbonyl (C=O) groups excluding carboxylic acids is 2. The summed E-state index contributed by atoms with van der Waals surface area (Å²) < 4.78 is 22.9. The van der Waals surface area contributed by atoms with Gasteiger partial charge in [0.1, 0.15) is 0 Å². The SMILES string of the molecule is CC(C)NC(=O)CSc1ccccc1C(=O)Nc1cccc(S(N)(=O)=O)c1. The summed E-state index contributed by atoms with van der Waals surface area (Å²) in [7, 11) is -3.86. The van der Waals surface area contributed by atoms with Gasteiger partial charge >= 0.3 is 0 Å². The zero-order chi connectivity index (χ0) is 20.0. The van der Waals surface area contributed by atoms with Crippen LogP contribution in [-0.4, -0.2) is 32.0 Å². The van der Waals surface area contributed by atoms with Crippen molar-refractivity contribution < 1.29 is 18.0 Å². The molecule has 4 N–H and O–H groups in total. The Balaban J connectivity index is 2.14. The molecule has 0 atom stereocenters. The quantitative estimate of drug-likeness (QED) is 0.608. The zero-order valence-corrected chi connectivity index (χ0v) is 16.6. The summed E-state index contributed by atoms with van der Waals surface area (Å²) >= 11 is 1.25. The van der Waals surface area contributed by atoms with E-state index in [0.717, 1.165) is 0 Å². The highest BCUT2D eigenvalue weighted by molar-refractivity contribution is 8.00. The summed E-state index contributed by atoms with van der Waals surface area (Å²) in [5, 5.41) is 10.6. The van der Waals surface area contributed by atoms with Crippen molar-refractivity contribution in [3.05, 3.63) is 54.1 Å². The van der Waals surface area contributed by atoms with Gasteiger partial charge in [-0.05, 0) is 44.2 Å². The maximum Gasteiger partial charge on any atom is 0.256 e. The Kier molecular flexibility index (Phi) is 7.00. The van der Waals surface area contributed by atoms with Crippen LogP contribution in [0.3, 0.4) is 0 Å². The number of hydrogen-bond donors (Lipinski definition) is 3. The number of sulfonamides is 1. The van der Waals surface area contributed by atoms with Gasteiger partial charge in [-0.3, -0.25) is 9.59 Å². The van der Waals surface area contributed by atoms with Gasteiger partial charge in [-0.25, -0.2) is 13.6 Å². The van der Waals surface area contributed by atoms with E-state index in [9.17, 15) is 18.0 Å². The Morgan fingerprint density at radius 1 is 1.11 bits per heavy atom. The molecule has 0 saturated carbocycles. The number of rotatable bonds is 7. The number of primary sulfonamides is 1. The van der Waals surface area contributed by atoms with Gasteiger partial charge in [0.15, 0.2) is 0 Å². The van der Waals surface area contributed by atoms with Gasteiger partial charge in [-0.15, -0.1) is 11.8 Å². The molecule has 27 heavy (non-hydrogen) atoms. The third kappa shape index (κ3) is 6.38. The lowest BCUT2D eigenvalue weighted by atomic mass is 10.2. The second-order valence-electron chi connectivity index (χ2n) is 6.03. The van der Waals surface area contributed by atoms with Crippen LogP contribution in [0.1, 0.15) is 24.2 Å². The highest BCUT2D eigenvalue weighted by Crippen LogP contribution is 2.24. The predicted molar refractivity (Wildman–Crippen MR) is 106 cm³/mol. The predicted octanol–water partition coefficient (Wildman–Crippen LogP) is 2.20. The van der Waals surface area contributed by atoms with Crippen LogP contribution in [0.25, 0.3) is 0 Å². The van der Waals surface area contributed by atoms with Crippen molar-refractivity contribution in [1.29, 1.82) is 0 Å². The number of nitrogens with one attached hydrogen (secondary N) is 2. The summed E-state index contributed by atoms with van der Waals surface area (Å²) in [5.41, 5.74) is 0.699. The fourth-order valence-corrected chi connectivity index (χ4v) is 3.66. The lowest BCUT2D eigenvalue weighted by Gasteiger charge is -2.11. The van der Waals surface area contributed by atoms with Crippen LogP contribution in [0, 0.1) is 0 Å². The van der Waals surface area contributed by atoms with Crippen molar-refractivity contribution in [2.45, 2.75) is 29.7 Å². The number of amides is 2. The molecule has 2 amide bonds. The van der Waals surface area contributed by atoms with E-state index in [1.54, 1.807) is 30.3 Å². The lowest BCUT2D eigenvalue weighted by Crippen LogP contribution is -2.31. The summed E-state index contributed by atoms with van der Waals surface area (Å²) in [4.78, 5) is 25.0. The van der Waals surface area contributed by atoms with Gasteiger partial charge in [0.2, 0.25) is 15.9 Å². The number of nitrogens with two attached hydrogens (primary N) is 1. The van der Waals surface area contributed by atoms with Gasteiger partial charge in [-0.2, -0.15) is 0 Å². The number of anilines is 1. The first-order valence-electron chi connectivity index (χ1n) is 8.12. The standard InChI is InChI=1S/C18H21N3O4S2/c1-12(2)20-17(22)11-26-16-9-4-3-8-15(16)18(23)21-13-6-5-7-14(10-13)27(19,24)25/h3-10,12H,11H2,1-2H3,(H,20,22)(H,21,23)(H2,19,24,25). The van der Waals surface area contributed by atoms with E-state index in [4.69, 9.17) is 5.14 Å². The minimum atomic E-state index is -3.86. The highest BCUT2D eigenvalue weighted by atomic mass is 32.2.